The number of nitrogens with one attached hydrogen (secondary N) is 2. The van der Waals surface area contributed by atoms with Crippen molar-refractivity contribution in [2.24, 2.45) is 0 Å². The Balaban J connectivity index is 1.29. The van der Waals surface area contributed by atoms with Crippen LogP contribution in [0.2, 0.25) is 0 Å². The van der Waals surface area contributed by atoms with Crippen LogP contribution in [0.3, 0.4) is 0 Å². The molecule has 8 heteroatoms. The zero-order valence-corrected chi connectivity index (χ0v) is 19.7. The third kappa shape index (κ3) is 4.56. The van der Waals surface area contributed by atoms with E-state index in [1.807, 2.05) is 65.3 Å². The summed E-state index contributed by atoms with van der Waals surface area (Å²) in [6, 6.07) is 17.9. The van der Waals surface area contributed by atoms with Crippen LogP contribution in [-0.4, -0.2) is 57.1 Å². The summed E-state index contributed by atoms with van der Waals surface area (Å²) in [6.45, 7) is 2.39. The van der Waals surface area contributed by atoms with Gasteiger partial charge in [-0.1, -0.05) is 61.9 Å². The minimum Gasteiger partial charge on any atom is -0.347 e. The second-order valence-electron chi connectivity index (χ2n) is 9.17. The molecule has 2 aliphatic rings. The molecule has 0 radical (unpaired) electrons. The summed E-state index contributed by atoms with van der Waals surface area (Å²) in [5.41, 5.74) is 3.27. The fourth-order valence-corrected chi connectivity index (χ4v) is 5.05. The van der Waals surface area contributed by atoms with E-state index >= 15 is 0 Å². The van der Waals surface area contributed by atoms with Crippen molar-refractivity contribution in [3.05, 3.63) is 83.7 Å². The van der Waals surface area contributed by atoms with Gasteiger partial charge in [0.1, 0.15) is 12.1 Å². The van der Waals surface area contributed by atoms with E-state index < -0.39 is 12.1 Å². The van der Waals surface area contributed by atoms with E-state index in [4.69, 9.17) is 0 Å². The average molecular weight is 472 g/mol. The van der Waals surface area contributed by atoms with Gasteiger partial charge in [0, 0.05) is 19.0 Å². The largest absolute Gasteiger partial charge is 0.347 e. The number of nitrogens with zero attached hydrogens (tertiary/aromatic N) is 3. The van der Waals surface area contributed by atoms with Crippen LogP contribution in [0.15, 0.2) is 66.9 Å². The van der Waals surface area contributed by atoms with E-state index in [-0.39, 0.29) is 23.8 Å². The van der Waals surface area contributed by atoms with E-state index in [2.05, 4.69) is 22.7 Å². The van der Waals surface area contributed by atoms with Crippen molar-refractivity contribution in [1.82, 2.24) is 25.3 Å². The second-order valence-corrected chi connectivity index (χ2v) is 9.17. The Hall–Kier alpha value is -3.94. The van der Waals surface area contributed by atoms with E-state index in [1.54, 1.807) is 11.1 Å². The number of rotatable bonds is 7. The molecule has 2 N–H and O–H groups in total. The van der Waals surface area contributed by atoms with Crippen LogP contribution in [0.1, 0.15) is 41.4 Å². The van der Waals surface area contributed by atoms with Crippen molar-refractivity contribution >= 4 is 17.7 Å². The molecule has 180 valence electrons. The van der Waals surface area contributed by atoms with Crippen molar-refractivity contribution in [1.29, 1.82) is 0 Å². The third-order valence-electron chi connectivity index (χ3n) is 6.72. The molecule has 3 aromatic rings. The Labute approximate surface area is 204 Å². The number of para-hydroxylation sites is 1. The molecule has 3 atom stereocenters. The van der Waals surface area contributed by atoms with Gasteiger partial charge in [0.05, 0.1) is 23.1 Å². The monoisotopic (exact) mass is 471 g/mol. The van der Waals surface area contributed by atoms with Gasteiger partial charge in [-0.3, -0.25) is 14.4 Å². The van der Waals surface area contributed by atoms with Gasteiger partial charge in [-0.25, -0.2) is 4.68 Å². The van der Waals surface area contributed by atoms with Gasteiger partial charge in [-0.05, 0) is 30.5 Å². The highest BCUT2D eigenvalue weighted by Gasteiger charge is 2.46. The number of aromatic nitrogens is 2. The van der Waals surface area contributed by atoms with Crippen LogP contribution in [0, 0.1) is 0 Å². The molecule has 0 saturated carbocycles. The lowest BCUT2D eigenvalue weighted by molar-refractivity contribution is -0.147. The molecular formula is C27H29N5O3. The predicted octanol–water partition coefficient (Wildman–Crippen LogP) is 2.27. The maximum absolute atomic E-state index is 13.2. The molecule has 35 heavy (non-hydrogen) atoms. The molecule has 0 spiro atoms. The van der Waals surface area contributed by atoms with Crippen LogP contribution < -0.4 is 10.6 Å². The lowest BCUT2D eigenvalue weighted by Gasteiger charge is -2.34. The summed E-state index contributed by atoms with van der Waals surface area (Å²) in [4.78, 5) is 40.8. The summed E-state index contributed by atoms with van der Waals surface area (Å²) >= 11 is 0. The lowest BCUT2D eigenvalue weighted by Crippen LogP contribution is -2.61. The Morgan fingerprint density at radius 2 is 1.80 bits per heavy atom. The molecule has 8 nitrogen and oxygen atoms in total. The fourth-order valence-electron chi connectivity index (χ4n) is 5.05. The molecule has 0 aliphatic carbocycles. The number of carbonyl (C=O) groups excluding carboxylic acids is 3. The van der Waals surface area contributed by atoms with Gasteiger partial charge < -0.3 is 15.5 Å². The summed E-state index contributed by atoms with van der Waals surface area (Å²) in [7, 11) is 0. The topological polar surface area (TPSA) is 96.3 Å². The van der Waals surface area contributed by atoms with Gasteiger partial charge in [0.15, 0.2) is 0 Å². The average Bonchev–Trinajstić information content (AvgIpc) is 3.49. The van der Waals surface area contributed by atoms with E-state index in [9.17, 15) is 14.4 Å². The normalized spacial score (nSPS) is 21.5. The summed E-state index contributed by atoms with van der Waals surface area (Å²) in [5.74, 6) is -0.487. The van der Waals surface area contributed by atoms with Crippen LogP contribution in [0.25, 0.3) is 5.69 Å². The van der Waals surface area contributed by atoms with Crippen LogP contribution in [-0.2, 0) is 22.4 Å². The number of hydrogen-bond donors (Lipinski definition) is 2. The van der Waals surface area contributed by atoms with E-state index in [0.29, 0.717) is 31.4 Å². The number of benzene rings is 2. The first-order chi connectivity index (χ1) is 17.0. The minimum atomic E-state index is -0.587. The number of amides is 3. The quantitative estimate of drug-likeness (QED) is 0.553. The zero-order chi connectivity index (χ0) is 24.4. The highest BCUT2D eigenvalue weighted by atomic mass is 16.2. The van der Waals surface area contributed by atoms with Crippen molar-refractivity contribution in [3.8, 4) is 5.69 Å². The Morgan fingerprint density at radius 1 is 1.09 bits per heavy atom. The van der Waals surface area contributed by atoms with Crippen molar-refractivity contribution in [3.63, 3.8) is 0 Å². The highest BCUT2D eigenvalue weighted by Crippen LogP contribution is 2.25. The van der Waals surface area contributed by atoms with Gasteiger partial charge in [0.2, 0.25) is 11.8 Å². The standard InChI is InChI=1S/C27H29N5O3/c1-2-9-23-21(16-28-32(23)20-12-7-4-8-13-20)25(33)29-19-15-24-26(34)30-22(27(35)31(24)17-19)14-18-10-5-3-6-11-18/h3-8,10-13,16,19,22,24H,2,9,14-15,17H2,1H3,(H,29,33)(H,30,34)/t19-,22-,24-/m0/s1. The molecule has 1 aromatic heterocycles. The SMILES string of the molecule is CCCc1c(C(=O)N[C@H]2C[C@H]3C(=O)N[C@@H](Cc4ccccc4)C(=O)N3C2)cnn1-c1ccccc1. The molecule has 0 unspecified atom stereocenters. The molecule has 2 aromatic carbocycles. The predicted molar refractivity (Wildman–Crippen MR) is 131 cm³/mol. The van der Waals surface area contributed by atoms with Crippen molar-refractivity contribution in [2.45, 2.75) is 50.7 Å². The molecular weight excluding hydrogens is 442 g/mol. The molecule has 3 heterocycles. The first-order valence-corrected chi connectivity index (χ1v) is 12.1. The van der Waals surface area contributed by atoms with E-state index in [0.717, 1.165) is 23.4 Å². The first kappa shape index (κ1) is 22.8. The maximum Gasteiger partial charge on any atom is 0.255 e. The Bertz CT molecular complexity index is 1220. The molecule has 3 amide bonds. The highest BCUT2D eigenvalue weighted by molar-refractivity contribution is 5.98. The fraction of sp³-hybridized carbons (Fsp3) is 0.333. The second kappa shape index (κ2) is 9.74. The molecule has 2 saturated heterocycles. The minimum absolute atomic E-state index is 0.0984. The molecule has 5 rings (SSSR count). The lowest BCUT2D eigenvalue weighted by atomic mass is 10.0. The number of piperazine rings is 1. The summed E-state index contributed by atoms with van der Waals surface area (Å²) in [5, 5.41) is 10.4. The maximum atomic E-state index is 13.2. The summed E-state index contributed by atoms with van der Waals surface area (Å²) < 4.78 is 1.81. The first-order valence-electron chi connectivity index (χ1n) is 12.1. The van der Waals surface area contributed by atoms with Crippen LogP contribution in [0.5, 0.6) is 0 Å². The molecule has 2 fully saturated rings. The smallest absolute Gasteiger partial charge is 0.255 e. The zero-order valence-electron chi connectivity index (χ0n) is 19.7. The van der Waals surface area contributed by atoms with Gasteiger partial charge in [-0.2, -0.15) is 5.10 Å². The third-order valence-corrected chi connectivity index (χ3v) is 6.72. The van der Waals surface area contributed by atoms with Gasteiger partial charge in [0.25, 0.3) is 5.91 Å². The van der Waals surface area contributed by atoms with Crippen molar-refractivity contribution in [2.75, 3.05) is 6.54 Å². The van der Waals surface area contributed by atoms with Crippen LogP contribution in [0.4, 0.5) is 0 Å². The Morgan fingerprint density at radius 3 is 2.51 bits per heavy atom. The van der Waals surface area contributed by atoms with Gasteiger partial charge in [-0.15, -0.1) is 0 Å². The van der Waals surface area contributed by atoms with Crippen molar-refractivity contribution < 1.29 is 14.4 Å². The molecule has 2 aliphatic heterocycles. The number of carbonyl (C=O) groups is 3. The van der Waals surface area contributed by atoms with Gasteiger partial charge >= 0.3 is 0 Å². The number of fused-ring (bicyclic) bond motifs is 1. The molecule has 0 bridgehead atoms. The van der Waals surface area contributed by atoms with E-state index in [1.165, 1.54) is 0 Å². The summed E-state index contributed by atoms with van der Waals surface area (Å²) in [6.07, 6.45) is 4.03. The number of hydrogen-bond acceptors (Lipinski definition) is 4. The Kier molecular flexibility index (Phi) is 6.35. The van der Waals surface area contributed by atoms with Crippen LogP contribution >= 0.6 is 0 Å².